The molecule has 0 aliphatic rings. The van der Waals surface area contributed by atoms with Gasteiger partial charge < -0.3 is 9.05 Å². The Labute approximate surface area is 117 Å². The average Bonchev–Trinajstić information content (AvgIpc) is 2.13. The Morgan fingerprint density at radius 1 is 1.00 bits per heavy atom. The Bertz CT molecular complexity index is 339. The summed E-state index contributed by atoms with van der Waals surface area (Å²) in [6.07, 6.45) is 0. The summed E-state index contributed by atoms with van der Waals surface area (Å²) in [7, 11) is -3.45. The molecule has 0 N–H and O–H groups in total. The first-order chi connectivity index (χ1) is 8.40. The van der Waals surface area contributed by atoms with Gasteiger partial charge in [-0.1, -0.05) is 41.5 Å². The van der Waals surface area contributed by atoms with Crippen molar-refractivity contribution in [3.8, 4) is 0 Å². The second-order valence-electron chi connectivity index (χ2n) is 6.76. The van der Waals surface area contributed by atoms with Crippen LogP contribution in [0.2, 0.25) is 0 Å². The zero-order valence-electron chi connectivity index (χ0n) is 13.6. The van der Waals surface area contributed by atoms with E-state index in [0.717, 1.165) is 0 Å². The van der Waals surface area contributed by atoms with Gasteiger partial charge in [-0.3, -0.25) is 9.36 Å². The van der Waals surface area contributed by atoms with Crippen LogP contribution in [0, 0.1) is 10.8 Å². The van der Waals surface area contributed by atoms with Gasteiger partial charge in [0.25, 0.3) is 0 Å². The Kier molecular flexibility index (Phi) is 6.45. The number of carbonyl (C=O) groups is 1. The van der Waals surface area contributed by atoms with Crippen molar-refractivity contribution >= 4 is 13.4 Å². The summed E-state index contributed by atoms with van der Waals surface area (Å²) in [6, 6.07) is 0. The third-order valence-corrected chi connectivity index (χ3v) is 5.62. The molecule has 1 unspecified atom stereocenters. The molecule has 0 spiro atoms. The van der Waals surface area contributed by atoms with Gasteiger partial charge in [0.2, 0.25) is 0 Å². The van der Waals surface area contributed by atoms with E-state index in [4.69, 9.17) is 9.05 Å². The molecule has 0 fully saturated rings. The van der Waals surface area contributed by atoms with Crippen molar-refractivity contribution in [3.05, 3.63) is 0 Å². The van der Waals surface area contributed by atoms with Crippen LogP contribution in [-0.2, 0) is 18.4 Å². The summed E-state index contributed by atoms with van der Waals surface area (Å²) >= 11 is 0. The second-order valence-corrected chi connectivity index (χ2v) is 8.87. The molecule has 0 heterocycles. The molecule has 0 aromatic carbocycles. The lowest BCUT2D eigenvalue weighted by molar-refractivity contribution is -0.128. The van der Waals surface area contributed by atoms with Crippen molar-refractivity contribution in [2.24, 2.45) is 10.8 Å². The van der Waals surface area contributed by atoms with Crippen LogP contribution in [0.25, 0.3) is 0 Å². The zero-order chi connectivity index (χ0) is 15.5. The molecule has 0 aromatic heterocycles. The molecule has 1 atom stereocenters. The van der Waals surface area contributed by atoms with Crippen LogP contribution in [0.3, 0.4) is 0 Å². The maximum Gasteiger partial charge on any atom is 0.341 e. The highest BCUT2D eigenvalue weighted by atomic mass is 31.2. The van der Waals surface area contributed by atoms with Crippen LogP contribution in [-0.4, -0.2) is 24.7 Å². The highest BCUT2D eigenvalue weighted by Crippen LogP contribution is 2.60. The van der Waals surface area contributed by atoms with Crippen molar-refractivity contribution in [2.45, 2.75) is 61.0 Å². The van der Waals surface area contributed by atoms with Gasteiger partial charge in [0.1, 0.15) is 5.66 Å². The van der Waals surface area contributed by atoms with Crippen LogP contribution in [0.1, 0.15) is 55.4 Å². The summed E-state index contributed by atoms with van der Waals surface area (Å²) in [5.74, 6) is -0.0785. The van der Waals surface area contributed by atoms with Gasteiger partial charge in [-0.25, -0.2) is 0 Å². The molecule has 0 aromatic rings. The van der Waals surface area contributed by atoms with Crippen LogP contribution in [0.5, 0.6) is 0 Å². The van der Waals surface area contributed by atoms with Crippen LogP contribution in [0.4, 0.5) is 0 Å². The van der Waals surface area contributed by atoms with E-state index < -0.39 is 24.1 Å². The summed E-state index contributed by atoms with van der Waals surface area (Å²) in [5, 5.41) is 0. The SMILES string of the molecule is CCOP(=O)(OCC)C(C(=O)C(C)(C)C)C(C)(C)C. The van der Waals surface area contributed by atoms with Crippen molar-refractivity contribution in [1.82, 2.24) is 0 Å². The van der Waals surface area contributed by atoms with E-state index in [2.05, 4.69) is 0 Å². The van der Waals surface area contributed by atoms with E-state index in [1.807, 2.05) is 41.5 Å². The molecule has 0 aliphatic heterocycles. The van der Waals surface area contributed by atoms with E-state index in [-0.39, 0.29) is 19.0 Å². The summed E-state index contributed by atoms with van der Waals surface area (Å²) in [6.45, 7) is 15.2. The van der Waals surface area contributed by atoms with Crippen molar-refractivity contribution in [3.63, 3.8) is 0 Å². The number of hydrogen-bond donors (Lipinski definition) is 0. The highest BCUT2D eigenvalue weighted by Gasteiger charge is 2.50. The molecule has 19 heavy (non-hydrogen) atoms. The second kappa shape index (κ2) is 6.51. The molecule has 5 heteroatoms. The smallest absolute Gasteiger partial charge is 0.308 e. The van der Waals surface area contributed by atoms with Crippen LogP contribution >= 0.6 is 7.60 Å². The standard InChI is InChI=1S/C14H29O4P/c1-9-17-19(16,18-10-2)12(14(6,7)8)11(15)13(3,4)5/h12H,9-10H2,1-8H3. The molecular formula is C14H29O4P. The Morgan fingerprint density at radius 3 is 1.58 bits per heavy atom. The molecule has 0 aliphatic carbocycles. The lowest BCUT2D eigenvalue weighted by Crippen LogP contribution is -2.42. The van der Waals surface area contributed by atoms with Gasteiger partial charge in [-0.2, -0.15) is 0 Å². The van der Waals surface area contributed by atoms with Crippen LogP contribution in [0.15, 0.2) is 0 Å². The van der Waals surface area contributed by atoms with Crippen molar-refractivity contribution in [2.75, 3.05) is 13.2 Å². The molecule has 0 saturated heterocycles. The summed E-state index contributed by atoms with van der Waals surface area (Å²) < 4.78 is 23.8. The van der Waals surface area contributed by atoms with Crippen molar-refractivity contribution in [1.29, 1.82) is 0 Å². The normalized spacial score (nSPS) is 15.4. The molecule has 0 rings (SSSR count). The van der Waals surface area contributed by atoms with Gasteiger partial charge in [-0.05, 0) is 19.3 Å². The summed E-state index contributed by atoms with van der Waals surface area (Å²) in [4.78, 5) is 12.7. The van der Waals surface area contributed by atoms with E-state index in [9.17, 15) is 9.36 Å². The Hall–Kier alpha value is -0.180. The maximum atomic E-state index is 13.0. The fourth-order valence-electron chi connectivity index (χ4n) is 1.97. The van der Waals surface area contributed by atoms with Crippen molar-refractivity contribution < 1.29 is 18.4 Å². The third-order valence-electron chi connectivity index (χ3n) is 2.74. The van der Waals surface area contributed by atoms with Crippen LogP contribution < -0.4 is 0 Å². The first-order valence-electron chi connectivity index (χ1n) is 6.83. The number of ketones is 1. The van der Waals surface area contributed by atoms with Gasteiger partial charge in [0.05, 0.1) is 13.2 Å². The number of hydrogen-bond acceptors (Lipinski definition) is 4. The fraction of sp³-hybridized carbons (Fsp3) is 0.929. The minimum Gasteiger partial charge on any atom is -0.308 e. The topological polar surface area (TPSA) is 52.6 Å². The third kappa shape index (κ3) is 5.02. The molecular weight excluding hydrogens is 263 g/mol. The number of rotatable bonds is 6. The first kappa shape index (κ1) is 18.8. The average molecular weight is 292 g/mol. The van der Waals surface area contributed by atoms with Gasteiger partial charge in [-0.15, -0.1) is 0 Å². The number of Topliss-reactive ketones (excluding diaryl/α,β-unsaturated/α-hetero) is 1. The molecule has 0 radical (unpaired) electrons. The maximum absolute atomic E-state index is 13.0. The minimum atomic E-state index is -3.45. The largest absolute Gasteiger partial charge is 0.341 e. The van der Waals surface area contributed by atoms with Gasteiger partial charge >= 0.3 is 7.60 Å². The monoisotopic (exact) mass is 292 g/mol. The lowest BCUT2D eigenvalue weighted by Gasteiger charge is -2.37. The Balaban J connectivity index is 5.72. The first-order valence-corrected chi connectivity index (χ1v) is 8.44. The van der Waals surface area contributed by atoms with Gasteiger partial charge in [0, 0.05) is 5.41 Å². The fourth-order valence-corrected chi connectivity index (χ4v) is 4.68. The Morgan fingerprint density at radius 2 is 1.37 bits per heavy atom. The predicted octanol–water partition coefficient (Wildman–Crippen LogP) is 4.28. The molecule has 0 amide bonds. The predicted molar refractivity (Wildman–Crippen MR) is 78.6 cm³/mol. The van der Waals surface area contributed by atoms with E-state index in [1.165, 1.54) is 0 Å². The zero-order valence-corrected chi connectivity index (χ0v) is 14.5. The summed E-state index contributed by atoms with van der Waals surface area (Å²) in [5.41, 5.74) is -1.81. The van der Waals surface area contributed by atoms with Gasteiger partial charge in [0.15, 0.2) is 5.78 Å². The molecule has 0 bridgehead atoms. The molecule has 114 valence electrons. The van der Waals surface area contributed by atoms with E-state index >= 15 is 0 Å². The van der Waals surface area contributed by atoms with E-state index in [0.29, 0.717) is 0 Å². The lowest BCUT2D eigenvalue weighted by atomic mass is 9.79. The minimum absolute atomic E-state index is 0.0785. The molecule has 0 saturated carbocycles. The van der Waals surface area contributed by atoms with E-state index in [1.54, 1.807) is 13.8 Å². The molecule has 4 nitrogen and oxygen atoms in total. The number of carbonyl (C=O) groups excluding carboxylic acids is 1. The quantitative estimate of drug-likeness (QED) is 0.685. The highest BCUT2D eigenvalue weighted by molar-refractivity contribution is 7.55.